The summed E-state index contributed by atoms with van der Waals surface area (Å²) in [5.74, 6) is 0.791. The predicted molar refractivity (Wildman–Crippen MR) is 68.7 cm³/mol. The van der Waals surface area contributed by atoms with Crippen LogP contribution in [0.4, 0.5) is 0 Å². The molecule has 0 radical (unpaired) electrons. The van der Waals surface area contributed by atoms with Crippen molar-refractivity contribution in [3.8, 4) is 0 Å². The molecule has 0 bridgehead atoms. The second kappa shape index (κ2) is 6.33. The number of pyridine rings is 1. The van der Waals surface area contributed by atoms with E-state index < -0.39 is 0 Å². The summed E-state index contributed by atoms with van der Waals surface area (Å²) in [5.41, 5.74) is 6.95. The number of hydrogen-bond donors (Lipinski definition) is 1. The number of hydrogen-bond acceptors (Lipinski definition) is 4. The number of nitrogens with two attached hydrogens (primary N) is 1. The van der Waals surface area contributed by atoms with Crippen LogP contribution in [0.5, 0.6) is 0 Å². The van der Waals surface area contributed by atoms with E-state index in [1.807, 2.05) is 37.3 Å². The number of aromatic nitrogens is 1. The van der Waals surface area contributed by atoms with Crippen LogP contribution in [0.15, 0.2) is 47.2 Å². The highest BCUT2D eigenvalue weighted by Gasteiger charge is 2.20. The minimum absolute atomic E-state index is 0.0742. The summed E-state index contributed by atoms with van der Waals surface area (Å²) < 4.78 is 11.1. The summed E-state index contributed by atoms with van der Waals surface area (Å²) >= 11 is 0. The lowest BCUT2D eigenvalue weighted by atomic mass is 10.1. The van der Waals surface area contributed by atoms with Crippen molar-refractivity contribution in [3.05, 3.63) is 54.2 Å². The Morgan fingerprint density at radius 2 is 2.22 bits per heavy atom. The summed E-state index contributed by atoms with van der Waals surface area (Å²) in [7, 11) is 0. The van der Waals surface area contributed by atoms with Crippen LogP contribution >= 0.6 is 0 Å². The largest absolute Gasteiger partial charge is 0.467 e. The molecule has 18 heavy (non-hydrogen) atoms. The molecule has 0 saturated heterocycles. The van der Waals surface area contributed by atoms with Gasteiger partial charge in [-0.3, -0.25) is 4.98 Å². The minimum Gasteiger partial charge on any atom is -0.467 e. The van der Waals surface area contributed by atoms with Gasteiger partial charge in [0.1, 0.15) is 18.5 Å². The summed E-state index contributed by atoms with van der Waals surface area (Å²) in [6, 6.07) is 9.40. The van der Waals surface area contributed by atoms with Crippen molar-refractivity contribution in [2.75, 3.05) is 0 Å². The van der Waals surface area contributed by atoms with Gasteiger partial charge >= 0.3 is 0 Å². The number of furan rings is 1. The van der Waals surface area contributed by atoms with E-state index in [4.69, 9.17) is 14.9 Å². The quantitative estimate of drug-likeness (QED) is 0.851. The van der Waals surface area contributed by atoms with Gasteiger partial charge in [-0.1, -0.05) is 13.0 Å². The molecule has 2 unspecified atom stereocenters. The number of nitrogens with zero attached hydrogens (tertiary/aromatic N) is 1. The topological polar surface area (TPSA) is 61.3 Å². The molecule has 0 spiro atoms. The fraction of sp³-hybridized carbons (Fsp3) is 0.357. The van der Waals surface area contributed by atoms with Gasteiger partial charge in [-0.15, -0.1) is 0 Å². The van der Waals surface area contributed by atoms with Gasteiger partial charge in [-0.05, 0) is 30.7 Å². The maximum absolute atomic E-state index is 6.09. The standard InChI is InChI=1S/C14H18N2O2/c1-2-12(15)14(13-7-3-4-8-16-13)18-10-11-6-5-9-17-11/h3-9,12,14H,2,10,15H2,1H3. The molecule has 0 aliphatic rings. The molecule has 2 rings (SSSR count). The Morgan fingerprint density at radius 3 is 2.83 bits per heavy atom. The van der Waals surface area contributed by atoms with E-state index in [1.54, 1.807) is 12.5 Å². The van der Waals surface area contributed by atoms with Crippen LogP contribution < -0.4 is 5.73 Å². The van der Waals surface area contributed by atoms with Gasteiger partial charge in [0.15, 0.2) is 0 Å². The van der Waals surface area contributed by atoms with Gasteiger partial charge in [0, 0.05) is 12.2 Å². The van der Waals surface area contributed by atoms with E-state index in [2.05, 4.69) is 4.98 Å². The van der Waals surface area contributed by atoms with Crippen LogP contribution in [-0.4, -0.2) is 11.0 Å². The summed E-state index contributed by atoms with van der Waals surface area (Å²) in [6.45, 7) is 2.44. The summed E-state index contributed by atoms with van der Waals surface area (Å²) in [4.78, 5) is 4.31. The molecule has 2 atom stereocenters. The van der Waals surface area contributed by atoms with Gasteiger partial charge in [0.25, 0.3) is 0 Å². The lowest BCUT2D eigenvalue weighted by Gasteiger charge is -2.22. The molecule has 2 aromatic heterocycles. The van der Waals surface area contributed by atoms with Gasteiger partial charge in [-0.25, -0.2) is 0 Å². The van der Waals surface area contributed by atoms with Crippen molar-refractivity contribution in [3.63, 3.8) is 0 Å². The van der Waals surface area contributed by atoms with E-state index in [-0.39, 0.29) is 12.1 Å². The fourth-order valence-electron chi connectivity index (χ4n) is 1.75. The normalized spacial score (nSPS) is 14.3. The average molecular weight is 246 g/mol. The third kappa shape index (κ3) is 3.18. The van der Waals surface area contributed by atoms with E-state index in [1.165, 1.54) is 0 Å². The van der Waals surface area contributed by atoms with E-state index in [0.29, 0.717) is 6.61 Å². The molecule has 0 aromatic carbocycles. The average Bonchev–Trinajstić information content (AvgIpc) is 2.93. The Balaban J connectivity index is 2.06. The van der Waals surface area contributed by atoms with Crippen LogP contribution in [0.2, 0.25) is 0 Å². The first-order chi connectivity index (χ1) is 8.81. The van der Waals surface area contributed by atoms with Crippen LogP contribution in [0.3, 0.4) is 0 Å². The monoisotopic (exact) mass is 246 g/mol. The molecule has 0 fully saturated rings. The van der Waals surface area contributed by atoms with Crippen LogP contribution in [-0.2, 0) is 11.3 Å². The predicted octanol–water partition coefficient (Wildman–Crippen LogP) is 2.67. The van der Waals surface area contributed by atoms with Crippen molar-refractivity contribution in [1.82, 2.24) is 4.98 Å². The molecule has 2 heterocycles. The molecular formula is C14H18N2O2. The Bertz CT molecular complexity index is 442. The highest BCUT2D eigenvalue weighted by Crippen LogP contribution is 2.21. The highest BCUT2D eigenvalue weighted by atomic mass is 16.5. The first-order valence-corrected chi connectivity index (χ1v) is 6.11. The molecule has 0 saturated carbocycles. The lowest BCUT2D eigenvalue weighted by molar-refractivity contribution is 0.0100. The molecule has 2 aromatic rings. The maximum Gasteiger partial charge on any atom is 0.129 e. The Hall–Kier alpha value is -1.65. The highest BCUT2D eigenvalue weighted by molar-refractivity contribution is 5.09. The zero-order chi connectivity index (χ0) is 12.8. The molecule has 96 valence electrons. The molecule has 0 aliphatic heterocycles. The molecule has 0 aliphatic carbocycles. The van der Waals surface area contributed by atoms with Crippen molar-refractivity contribution in [2.45, 2.75) is 32.1 Å². The molecule has 4 heteroatoms. The van der Waals surface area contributed by atoms with Gasteiger partial charge < -0.3 is 14.9 Å². The van der Waals surface area contributed by atoms with E-state index in [9.17, 15) is 0 Å². The second-order valence-corrected chi connectivity index (χ2v) is 4.14. The molecule has 4 nitrogen and oxygen atoms in total. The van der Waals surface area contributed by atoms with Gasteiger partial charge in [0.2, 0.25) is 0 Å². The van der Waals surface area contributed by atoms with Crippen LogP contribution in [0.1, 0.15) is 30.9 Å². The molecule has 0 amide bonds. The fourth-order valence-corrected chi connectivity index (χ4v) is 1.75. The summed E-state index contributed by atoms with van der Waals surface area (Å²) in [6.07, 6.45) is 4.01. The maximum atomic E-state index is 6.09. The Morgan fingerprint density at radius 1 is 1.33 bits per heavy atom. The number of rotatable bonds is 6. The lowest BCUT2D eigenvalue weighted by Crippen LogP contribution is -2.30. The van der Waals surface area contributed by atoms with Crippen molar-refractivity contribution in [1.29, 1.82) is 0 Å². The first-order valence-electron chi connectivity index (χ1n) is 6.11. The second-order valence-electron chi connectivity index (χ2n) is 4.14. The third-order valence-electron chi connectivity index (χ3n) is 2.82. The van der Waals surface area contributed by atoms with E-state index >= 15 is 0 Å². The number of ether oxygens (including phenoxy) is 1. The Kier molecular flexibility index (Phi) is 4.50. The van der Waals surface area contributed by atoms with Crippen molar-refractivity contribution in [2.24, 2.45) is 5.73 Å². The minimum atomic E-state index is -0.207. The first kappa shape index (κ1) is 12.8. The third-order valence-corrected chi connectivity index (χ3v) is 2.82. The van der Waals surface area contributed by atoms with E-state index in [0.717, 1.165) is 17.9 Å². The van der Waals surface area contributed by atoms with Crippen LogP contribution in [0, 0.1) is 0 Å². The zero-order valence-electron chi connectivity index (χ0n) is 10.5. The molecular weight excluding hydrogens is 228 g/mol. The zero-order valence-corrected chi connectivity index (χ0v) is 10.5. The molecule has 2 N–H and O–H groups in total. The summed E-state index contributed by atoms with van der Waals surface area (Å²) in [5, 5.41) is 0. The SMILES string of the molecule is CCC(N)C(OCc1ccco1)c1ccccn1. The van der Waals surface area contributed by atoms with Crippen molar-refractivity contribution >= 4 is 0 Å². The van der Waals surface area contributed by atoms with Crippen molar-refractivity contribution < 1.29 is 9.15 Å². The van der Waals surface area contributed by atoms with Gasteiger partial charge in [-0.2, -0.15) is 0 Å². The Labute approximate surface area is 107 Å². The van der Waals surface area contributed by atoms with Crippen LogP contribution in [0.25, 0.3) is 0 Å². The van der Waals surface area contributed by atoms with Gasteiger partial charge in [0.05, 0.1) is 12.0 Å². The smallest absolute Gasteiger partial charge is 0.129 e.